The zero-order valence-electron chi connectivity index (χ0n) is 21.7. The lowest BCUT2D eigenvalue weighted by molar-refractivity contribution is -0.142. The van der Waals surface area contributed by atoms with Crippen LogP contribution in [0.3, 0.4) is 0 Å². The normalized spacial score (nSPS) is 18.6. The first-order valence-electron chi connectivity index (χ1n) is 12.9. The van der Waals surface area contributed by atoms with Gasteiger partial charge in [-0.15, -0.1) is 0 Å². The monoisotopic (exact) mass is 510 g/mol. The number of rotatable bonds is 9. The summed E-state index contributed by atoms with van der Waals surface area (Å²) in [7, 11) is 1.35. The lowest BCUT2D eigenvalue weighted by atomic mass is 10.0. The number of benzene rings is 2. The second-order valence-electron chi connectivity index (χ2n) is 9.18. The predicted molar refractivity (Wildman–Crippen MR) is 141 cm³/mol. The van der Waals surface area contributed by atoms with Gasteiger partial charge in [-0.3, -0.25) is 9.69 Å². The number of carbonyl (C=O) groups is 2. The van der Waals surface area contributed by atoms with Gasteiger partial charge in [0, 0.05) is 44.8 Å². The van der Waals surface area contributed by atoms with E-state index in [1.54, 1.807) is 11.0 Å². The summed E-state index contributed by atoms with van der Waals surface area (Å²) in [6.45, 7) is 7.05. The molecule has 0 radical (unpaired) electrons. The van der Waals surface area contributed by atoms with E-state index >= 15 is 4.39 Å². The van der Waals surface area contributed by atoms with Crippen molar-refractivity contribution in [2.24, 2.45) is 4.99 Å². The van der Waals surface area contributed by atoms with Gasteiger partial charge in [0.15, 0.2) is 6.04 Å². The molecule has 0 N–H and O–H groups in total. The quantitative estimate of drug-likeness (QED) is 0.478. The first-order chi connectivity index (χ1) is 18.0. The number of hydrogen-bond donors (Lipinski definition) is 0. The van der Waals surface area contributed by atoms with Gasteiger partial charge in [0.1, 0.15) is 18.5 Å². The van der Waals surface area contributed by atoms with Crippen molar-refractivity contribution in [3.8, 4) is 0 Å². The van der Waals surface area contributed by atoms with Gasteiger partial charge in [0.05, 0.1) is 12.8 Å². The Morgan fingerprint density at radius 2 is 1.86 bits per heavy atom. The fourth-order valence-electron chi connectivity index (χ4n) is 4.94. The van der Waals surface area contributed by atoms with Gasteiger partial charge in [-0.05, 0) is 37.1 Å². The van der Waals surface area contributed by atoms with Gasteiger partial charge in [-0.25, -0.2) is 14.2 Å². The molecular weight excluding hydrogens is 475 g/mol. The highest BCUT2D eigenvalue weighted by Gasteiger charge is 2.36. The van der Waals surface area contributed by atoms with Crippen LogP contribution in [0.1, 0.15) is 38.3 Å². The third-order valence-electron chi connectivity index (χ3n) is 6.84. The molecule has 1 amide bonds. The highest BCUT2D eigenvalue weighted by molar-refractivity contribution is 5.93. The smallest absolute Gasteiger partial charge is 0.334 e. The molecule has 2 aromatic carbocycles. The van der Waals surface area contributed by atoms with Gasteiger partial charge in [0.25, 0.3) is 0 Å². The minimum Gasteiger partial charge on any atom is -0.477 e. The number of hydrogen-bond acceptors (Lipinski definition) is 7. The summed E-state index contributed by atoms with van der Waals surface area (Å²) in [6, 6.07) is 14.1. The van der Waals surface area contributed by atoms with E-state index in [4.69, 9.17) is 9.47 Å². The molecular formula is C28H35FN4O4. The van der Waals surface area contributed by atoms with E-state index in [-0.39, 0.29) is 24.4 Å². The summed E-state index contributed by atoms with van der Waals surface area (Å²) in [5, 5.41) is 0. The van der Waals surface area contributed by atoms with Gasteiger partial charge in [-0.2, -0.15) is 0 Å². The molecule has 2 heterocycles. The number of carbonyl (C=O) groups excluding carboxylic acids is 2. The maximum Gasteiger partial charge on any atom is 0.334 e. The summed E-state index contributed by atoms with van der Waals surface area (Å²) in [5.74, 6) is -0.243. The standard InChI is InChI=1S/C28H35FN4O4/c1-4-9-25(34)33(5-2)21-12-13-24(22(29)18-21)31-14-16-32(17-15-31)26(20-10-7-6-8-11-20)27-30-23(19-37-27)28(35)36-3/h6-8,10-13,18,23,26H,4-5,9,14-17,19H2,1-3H3. The number of piperazine rings is 1. The summed E-state index contributed by atoms with van der Waals surface area (Å²) < 4.78 is 25.9. The van der Waals surface area contributed by atoms with Crippen molar-refractivity contribution in [2.75, 3.05) is 56.2 Å². The average molecular weight is 511 g/mol. The zero-order chi connectivity index (χ0) is 26.4. The molecule has 198 valence electrons. The Labute approximate surface area is 217 Å². The summed E-state index contributed by atoms with van der Waals surface area (Å²) in [5.41, 5.74) is 2.13. The zero-order valence-corrected chi connectivity index (χ0v) is 21.7. The number of aliphatic imine (C=N–C) groups is 1. The molecule has 2 aliphatic rings. The Bertz CT molecular complexity index is 1120. The molecule has 2 aromatic rings. The van der Waals surface area contributed by atoms with Crippen LogP contribution >= 0.6 is 0 Å². The Morgan fingerprint density at radius 3 is 2.49 bits per heavy atom. The largest absolute Gasteiger partial charge is 0.477 e. The van der Waals surface area contributed by atoms with Gasteiger partial charge >= 0.3 is 5.97 Å². The Balaban J connectivity index is 1.49. The minimum atomic E-state index is -0.660. The van der Waals surface area contributed by atoms with E-state index in [0.717, 1.165) is 12.0 Å². The van der Waals surface area contributed by atoms with Crippen molar-refractivity contribution in [3.63, 3.8) is 0 Å². The van der Waals surface area contributed by atoms with Crippen LogP contribution in [0.15, 0.2) is 53.5 Å². The fraction of sp³-hybridized carbons (Fsp3) is 0.464. The van der Waals surface area contributed by atoms with Crippen molar-refractivity contribution in [1.29, 1.82) is 0 Å². The van der Waals surface area contributed by atoms with Gasteiger partial charge in [-0.1, -0.05) is 37.3 Å². The Hall–Kier alpha value is -3.46. The number of esters is 1. The summed E-state index contributed by atoms with van der Waals surface area (Å²) in [4.78, 5) is 34.8. The lowest BCUT2D eigenvalue weighted by Crippen LogP contribution is -2.49. The van der Waals surface area contributed by atoms with Crippen LogP contribution in [0.5, 0.6) is 0 Å². The topological polar surface area (TPSA) is 74.7 Å². The predicted octanol–water partition coefficient (Wildman–Crippen LogP) is 3.81. The molecule has 37 heavy (non-hydrogen) atoms. The Kier molecular flexibility index (Phi) is 8.76. The van der Waals surface area contributed by atoms with Crippen LogP contribution in [-0.2, 0) is 19.1 Å². The summed E-state index contributed by atoms with van der Waals surface area (Å²) in [6.07, 6.45) is 1.20. The van der Waals surface area contributed by atoms with Crippen LogP contribution in [-0.4, -0.2) is 75.2 Å². The van der Waals surface area contributed by atoms with Crippen LogP contribution in [0.2, 0.25) is 0 Å². The molecule has 4 rings (SSSR count). The fourth-order valence-corrected chi connectivity index (χ4v) is 4.94. The number of nitrogens with zero attached hydrogens (tertiary/aromatic N) is 4. The van der Waals surface area contributed by atoms with Crippen LogP contribution in [0.4, 0.5) is 15.8 Å². The molecule has 0 bridgehead atoms. The maximum atomic E-state index is 15.2. The highest BCUT2D eigenvalue weighted by Crippen LogP contribution is 2.31. The number of methoxy groups -OCH3 is 1. The van der Waals surface area contributed by atoms with Gasteiger partial charge in [0.2, 0.25) is 11.8 Å². The lowest BCUT2D eigenvalue weighted by Gasteiger charge is -2.40. The average Bonchev–Trinajstić information content (AvgIpc) is 3.40. The molecule has 0 aliphatic carbocycles. The molecule has 0 aromatic heterocycles. The van der Waals surface area contributed by atoms with Crippen LogP contribution in [0.25, 0.3) is 0 Å². The number of anilines is 2. The number of amides is 1. The van der Waals surface area contributed by atoms with Crippen molar-refractivity contribution >= 4 is 29.1 Å². The van der Waals surface area contributed by atoms with E-state index in [1.165, 1.54) is 13.2 Å². The van der Waals surface area contributed by atoms with Crippen molar-refractivity contribution in [1.82, 2.24) is 4.90 Å². The molecule has 2 unspecified atom stereocenters. The molecule has 8 nitrogen and oxygen atoms in total. The van der Waals surface area contributed by atoms with Crippen molar-refractivity contribution in [2.45, 2.75) is 38.8 Å². The van der Waals surface area contributed by atoms with Gasteiger partial charge < -0.3 is 19.3 Å². The van der Waals surface area contributed by atoms with Crippen molar-refractivity contribution in [3.05, 3.63) is 59.9 Å². The number of halogens is 1. The second-order valence-corrected chi connectivity index (χ2v) is 9.18. The molecule has 2 atom stereocenters. The third-order valence-corrected chi connectivity index (χ3v) is 6.84. The van der Waals surface area contributed by atoms with E-state index in [0.29, 0.717) is 56.4 Å². The van der Waals surface area contributed by atoms with Crippen molar-refractivity contribution < 1.29 is 23.5 Å². The summed E-state index contributed by atoms with van der Waals surface area (Å²) >= 11 is 0. The van der Waals surface area contributed by atoms with E-state index in [1.807, 2.05) is 55.1 Å². The minimum absolute atomic E-state index is 0.00389. The van der Waals surface area contributed by atoms with E-state index in [2.05, 4.69) is 9.89 Å². The van der Waals surface area contributed by atoms with E-state index < -0.39 is 12.0 Å². The molecule has 0 spiro atoms. The number of ether oxygens (including phenoxy) is 2. The first kappa shape index (κ1) is 26.6. The molecule has 0 saturated carbocycles. The van der Waals surface area contributed by atoms with Crippen LogP contribution < -0.4 is 9.80 Å². The molecule has 1 fully saturated rings. The highest BCUT2D eigenvalue weighted by atomic mass is 19.1. The first-order valence-corrected chi connectivity index (χ1v) is 12.9. The second kappa shape index (κ2) is 12.2. The molecule has 9 heteroatoms. The molecule has 1 saturated heterocycles. The van der Waals surface area contributed by atoms with E-state index in [9.17, 15) is 9.59 Å². The van der Waals surface area contributed by atoms with Crippen LogP contribution in [0, 0.1) is 5.82 Å². The maximum absolute atomic E-state index is 15.2. The third kappa shape index (κ3) is 5.93. The Morgan fingerprint density at radius 1 is 1.14 bits per heavy atom. The molecule has 2 aliphatic heterocycles. The SMILES string of the molecule is CCCC(=O)N(CC)c1ccc(N2CCN(C(C3=NC(C(=O)OC)CO3)c3ccccc3)CC2)c(F)c1.